The zero-order chi connectivity index (χ0) is 20.2. The number of imide groups is 1. The van der Waals surface area contributed by atoms with E-state index >= 15 is 0 Å². The summed E-state index contributed by atoms with van der Waals surface area (Å²) in [6.45, 7) is 2.63. The van der Waals surface area contributed by atoms with Crippen molar-refractivity contribution in [2.45, 2.75) is 13.5 Å². The molecule has 0 atom stereocenters. The molecule has 1 aliphatic rings. The first-order valence-corrected chi connectivity index (χ1v) is 10.2. The number of hydrogen-bond donors (Lipinski definition) is 1. The van der Waals surface area contributed by atoms with Crippen molar-refractivity contribution in [1.29, 1.82) is 0 Å². The number of nitrogens with one attached hydrogen (secondary N) is 1. The number of hydrogen-bond acceptors (Lipinski definition) is 5. The van der Waals surface area contributed by atoms with Gasteiger partial charge in [-0.3, -0.25) is 14.5 Å². The molecule has 1 N–H and O–H groups in total. The molecule has 0 fully saturated rings. The van der Waals surface area contributed by atoms with Gasteiger partial charge in [0.2, 0.25) is 0 Å². The third-order valence-electron chi connectivity index (χ3n) is 4.57. The van der Waals surface area contributed by atoms with Gasteiger partial charge in [0.05, 0.1) is 24.4 Å². The van der Waals surface area contributed by atoms with Crippen molar-refractivity contribution >= 4 is 34.4 Å². The summed E-state index contributed by atoms with van der Waals surface area (Å²) in [5, 5.41) is 5.07. The number of carbonyl (C=O) groups is 2. The Hall–Kier alpha value is -3.38. The number of rotatable bonds is 7. The Balaban J connectivity index is 1.72. The van der Waals surface area contributed by atoms with Crippen molar-refractivity contribution in [3.8, 4) is 5.75 Å². The molecule has 0 saturated carbocycles. The van der Waals surface area contributed by atoms with Crippen LogP contribution in [-0.2, 0) is 16.1 Å². The quantitative estimate of drug-likeness (QED) is 0.588. The van der Waals surface area contributed by atoms with Crippen molar-refractivity contribution in [1.82, 2.24) is 4.90 Å². The van der Waals surface area contributed by atoms with E-state index in [9.17, 15) is 9.59 Å². The molecule has 2 amide bonds. The van der Waals surface area contributed by atoms with Crippen LogP contribution in [0.1, 0.15) is 17.4 Å². The lowest BCUT2D eigenvalue weighted by Crippen LogP contribution is -2.31. The van der Waals surface area contributed by atoms with E-state index in [0.29, 0.717) is 23.6 Å². The summed E-state index contributed by atoms with van der Waals surface area (Å²) in [6.07, 6.45) is 0. The minimum absolute atomic E-state index is 0.228. The average molecular weight is 404 g/mol. The number of thiophene rings is 1. The van der Waals surface area contributed by atoms with E-state index in [0.717, 1.165) is 10.4 Å². The van der Waals surface area contributed by atoms with Crippen LogP contribution in [0.5, 0.6) is 5.75 Å². The van der Waals surface area contributed by atoms with E-state index in [2.05, 4.69) is 5.32 Å². The van der Waals surface area contributed by atoms with E-state index in [-0.39, 0.29) is 24.1 Å². The van der Waals surface area contributed by atoms with Gasteiger partial charge in [-0.2, -0.15) is 0 Å². The average Bonchev–Trinajstić information content (AvgIpc) is 3.34. The van der Waals surface area contributed by atoms with Crippen LogP contribution < -0.4 is 10.1 Å². The van der Waals surface area contributed by atoms with E-state index in [1.54, 1.807) is 0 Å². The standard InChI is InChI=1S/C23H20N2O3S/c1-2-28-18-12-7-6-11-17(18)24-21-20(19-13-8-14-29-19)22(26)25(23(21)27)15-16-9-4-3-5-10-16/h3-14,24H,2,15H2,1H3. The topological polar surface area (TPSA) is 58.6 Å². The van der Waals surface area contributed by atoms with Gasteiger partial charge in [-0.05, 0) is 36.1 Å². The maximum Gasteiger partial charge on any atom is 0.278 e. The summed E-state index contributed by atoms with van der Waals surface area (Å²) in [7, 11) is 0. The fourth-order valence-electron chi connectivity index (χ4n) is 3.24. The van der Waals surface area contributed by atoms with E-state index in [1.165, 1.54) is 16.2 Å². The molecule has 0 bridgehead atoms. The van der Waals surface area contributed by atoms with Crippen LogP contribution in [0.2, 0.25) is 0 Å². The number of benzene rings is 2. The Morgan fingerprint density at radius 3 is 2.41 bits per heavy atom. The van der Waals surface area contributed by atoms with Gasteiger partial charge < -0.3 is 10.1 Å². The molecule has 2 aromatic carbocycles. The molecule has 0 radical (unpaired) electrons. The normalized spacial score (nSPS) is 13.9. The fraction of sp³-hybridized carbons (Fsp3) is 0.130. The molecule has 5 nitrogen and oxygen atoms in total. The maximum absolute atomic E-state index is 13.2. The lowest BCUT2D eigenvalue weighted by Gasteiger charge is -2.16. The third kappa shape index (κ3) is 3.79. The first kappa shape index (κ1) is 19.0. The number of ether oxygens (including phenoxy) is 1. The first-order chi connectivity index (χ1) is 14.2. The zero-order valence-corrected chi connectivity index (χ0v) is 16.7. The molecule has 0 saturated heterocycles. The van der Waals surface area contributed by atoms with Crippen LogP contribution in [0.25, 0.3) is 5.57 Å². The summed E-state index contributed by atoms with van der Waals surface area (Å²) in [6, 6.07) is 20.6. The molecule has 146 valence electrons. The molecule has 6 heteroatoms. The van der Waals surface area contributed by atoms with Gasteiger partial charge in [-0.15, -0.1) is 11.3 Å². The van der Waals surface area contributed by atoms with Crippen molar-refractivity contribution in [3.63, 3.8) is 0 Å². The van der Waals surface area contributed by atoms with Gasteiger partial charge >= 0.3 is 0 Å². The monoisotopic (exact) mass is 404 g/mol. The van der Waals surface area contributed by atoms with Crippen LogP contribution >= 0.6 is 11.3 Å². The second kappa shape index (κ2) is 8.32. The van der Waals surface area contributed by atoms with Crippen molar-refractivity contribution in [3.05, 3.63) is 88.2 Å². The van der Waals surface area contributed by atoms with Gasteiger partial charge in [-0.1, -0.05) is 48.5 Å². The van der Waals surface area contributed by atoms with E-state index < -0.39 is 0 Å². The largest absolute Gasteiger partial charge is 0.492 e. The van der Waals surface area contributed by atoms with Crippen LogP contribution in [0, 0.1) is 0 Å². The molecule has 0 unspecified atom stereocenters. The Kier molecular flexibility index (Phi) is 5.44. The second-order valence-electron chi connectivity index (χ2n) is 6.46. The Morgan fingerprint density at radius 1 is 0.931 bits per heavy atom. The third-order valence-corrected chi connectivity index (χ3v) is 5.45. The highest BCUT2D eigenvalue weighted by molar-refractivity contribution is 7.11. The number of anilines is 1. The van der Waals surface area contributed by atoms with Crippen LogP contribution in [0.15, 0.2) is 77.8 Å². The molecular weight excluding hydrogens is 384 g/mol. The highest BCUT2D eigenvalue weighted by Gasteiger charge is 2.39. The summed E-state index contributed by atoms with van der Waals surface area (Å²) < 4.78 is 5.67. The van der Waals surface area contributed by atoms with Gasteiger partial charge in [0.15, 0.2) is 0 Å². The number of carbonyl (C=O) groups excluding carboxylic acids is 2. The van der Waals surface area contributed by atoms with Gasteiger partial charge in [0.1, 0.15) is 11.4 Å². The molecular formula is C23H20N2O3S. The molecule has 4 rings (SSSR count). The predicted octanol–water partition coefficient (Wildman–Crippen LogP) is 4.54. The fourth-order valence-corrected chi connectivity index (χ4v) is 4.01. The molecule has 3 aromatic rings. The number of para-hydroxylation sites is 2. The van der Waals surface area contributed by atoms with Crippen LogP contribution in [-0.4, -0.2) is 23.3 Å². The minimum Gasteiger partial charge on any atom is -0.492 e. The predicted molar refractivity (Wildman–Crippen MR) is 114 cm³/mol. The highest BCUT2D eigenvalue weighted by Crippen LogP contribution is 2.35. The smallest absolute Gasteiger partial charge is 0.278 e. The van der Waals surface area contributed by atoms with E-state index in [1.807, 2.05) is 79.0 Å². The number of amides is 2. The Bertz CT molecular complexity index is 1060. The summed E-state index contributed by atoms with van der Waals surface area (Å²) in [5.74, 6) is 0.000960. The lowest BCUT2D eigenvalue weighted by atomic mass is 10.1. The zero-order valence-electron chi connectivity index (χ0n) is 15.9. The summed E-state index contributed by atoms with van der Waals surface area (Å²) in [4.78, 5) is 28.5. The highest BCUT2D eigenvalue weighted by atomic mass is 32.1. The van der Waals surface area contributed by atoms with E-state index in [4.69, 9.17) is 4.74 Å². The number of nitrogens with zero attached hydrogens (tertiary/aromatic N) is 1. The van der Waals surface area contributed by atoms with Gasteiger partial charge in [-0.25, -0.2) is 0 Å². The molecule has 0 aliphatic carbocycles. The van der Waals surface area contributed by atoms with Crippen molar-refractivity contribution in [2.24, 2.45) is 0 Å². The molecule has 1 aliphatic heterocycles. The SMILES string of the molecule is CCOc1ccccc1NC1=C(c2cccs2)C(=O)N(Cc2ccccc2)C1=O. The van der Waals surface area contributed by atoms with Crippen molar-refractivity contribution < 1.29 is 14.3 Å². The maximum atomic E-state index is 13.2. The Labute approximate surface area is 173 Å². The first-order valence-electron chi connectivity index (χ1n) is 9.36. The molecule has 2 heterocycles. The van der Waals surface area contributed by atoms with Gasteiger partial charge in [0, 0.05) is 4.88 Å². The second-order valence-corrected chi connectivity index (χ2v) is 7.41. The van der Waals surface area contributed by atoms with Crippen molar-refractivity contribution in [2.75, 3.05) is 11.9 Å². The molecule has 0 spiro atoms. The molecule has 29 heavy (non-hydrogen) atoms. The molecule has 1 aromatic heterocycles. The summed E-state index contributed by atoms with van der Waals surface area (Å²) in [5.41, 5.74) is 2.23. The summed E-state index contributed by atoms with van der Waals surface area (Å²) >= 11 is 1.43. The Morgan fingerprint density at radius 2 is 1.69 bits per heavy atom. The lowest BCUT2D eigenvalue weighted by molar-refractivity contribution is -0.137. The minimum atomic E-state index is -0.339. The van der Waals surface area contributed by atoms with Crippen LogP contribution in [0.3, 0.4) is 0 Å². The van der Waals surface area contributed by atoms with Gasteiger partial charge in [0.25, 0.3) is 11.8 Å². The van der Waals surface area contributed by atoms with Crippen LogP contribution in [0.4, 0.5) is 5.69 Å².